The van der Waals surface area contributed by atoms with E-state index < -0.39 is 5.82 Å². The summed E-state index contributed by atoms with van der Waals surface area (Å²) in [6, 6.07) is 15.4. The number of hydrogen-bond acceptors (Lipinski definition) is 4. The van der Waals surface area contributed by atoms with Gasteiger partial charge in [-0.05, 0) is 66.9 Å². The highest BCUT2D eigenvalue weighted by atomic mass is 35.5. The number of hydrogen-bond donors (Lipinski definition) is 1. The molecule has 0 saturated heterocycles. The van der Waals surface area contributed by atoms with Crippen LogP contribution in [0, 0.1) is 19.7 Å². The number of anilines is 1. The highest BCUT2D eigenvalue weighted by Gasteiger charge is 2.13. The van der Waals surface area contributed by atoms with E-state index in [9.17, 15) is 9.18 Å². The van der Waals surface area contributed by atoms with Crippen LogP contribution in [0.5, 0.6) is 11.5 Å². The lowest BCUT2D eigenvalue weighted by molar-refractivity contribution is 0.102. The molecule has 1 aromatic heterocycles. The van der Waals surface area contributed by atoms with Gasteiger partial charge in [0, 0.05) is 22.3 Å². The SMILES string of the molecule is COc1ccc(C(=O)Nc2cnn(Cc3ccc(F)cc3Cl)c2)cc1COc1cc(C)ccc1C. The van der Waals surface area contributed by atoms with Crippen molar-refractivity contribution in [2.45, 2.75) is 27.0 Å². The summed E-state index contributed by atoms with van der Waals surface area (Å²) in [6.07, 6.45) is 3.23. The number of nitrogens with one attached hydrogen (secondary N) is 1. The number of rotatable bonds is 8. The van der Waals surface area contributed by atoms with Gasteiger partial charge in [-0.1, -0.05) is 29.8 Å². The predicted molar refractivity (Wildman–Crippen MR) is 134 cm³/mol. The zero-order valence-corrected chi connectivity index (χ0v) is 20.4. The molecule has 8 heteroatoms. The molecule has 4 aromatic rings. The van der Waals surface area contributed by atoms with Crippen LogP contribution in [0.1, 0.15) is 32.6 Å². The van der Waals surface area contributed by atoms with E-state index in [0.29, 0.717) is 28.6 Å². The molecule has 0 aliphatic heterocycles. The van der Waals surface area contributed by atoms with Gasteiger partial charge in [-0.3, -0.25) is 9.48 Å². The first kappa shape index (κ1) is 24.3. The van der Waals surface area contributed by atoms with Crippen molar-refractivity contribution < 1.29 is 18.7 Å². The fourth-order valence-electron chi connectivity index (χ4n) is 3.59. The fraction of sp³-hybridized carbons (Fsp3) is 0.185. The van der Waals surface area contributed by atoms with Crippen molar-refractivity contribution in [2.24, 2.45) is 0 Å². The van der Waals surface area contributed by atoms with Gasteiger partial charge in [0.1, 0.15) is 23.9 Å². The molecule has 1 N–H and O–H groups in total. The Morgan fingerprint density at radius 1 is 1.06 bits per heavy atom. The van der Waals surface area contributed by atoms with Crippen LogP contribution < -0.4 is 14.8 Å². The Morgan fingerprint density at radius 3 is 2.66 bits per heavy atom. The van der Waals surface area contributed by atoms with Crippen molar-refractivity contribution in [3.63, 3.8) is 0 Å². The van der Waals surface area contributed by atoms with E-state index in [1.807, 2.05) is 32.0 Å². The van der Waals surface area contributed by atoms with Gasteiger partial charge in [0.05, 0.1) is 25.5 Å². The lowest BCUT2D eigenvalue weighted by atomic mass is 10.1. The van der Waals surface area contributed by atoms with E-state index in [1.165, 1.54) is 12.1 Å². The lowest BCUT2D eigenvalue weighted by Crippen LogP contribution is -2.12. The second-order valence-corrected chi connectivity index (χ2v) is 8.61. The summed E-state index contributed by atoms with van der Waals surface area (Å²) >= 11 is 6.10. The van der Waals surface area contributed by atoms with Crippen molar-refractivity contribution in [3.05, 3.63) is 106 Å². The Kier molecular flexibility index (Phi) is 7.36. The van der Waals surface area contributed by atoms with E-state index >= 15 is 0 Å². The van der Waals surface area contributed by atoms with Gasteiger partial charge in [0.15, 0.2) is 0 Å². The summed E-state index contributed by atoms with van der Waals surface area (Å²) in [7, 11) is 1.58. The molecule has 180 valence electrons. The van der Waals surface area contributed by atoms with Crippen LogP contribution in [0.15, 0.2) is 67.0 Å². The maximum atomic E-state index is 13.3. The number of methoxy groups -OCH3 is 1. The minimum absolute atomic E-state index is 0.255. The Morgan fingerprint density at radius 2 is 1.89 bits per heavy atom. The molecule has 0 bridgehead atoms. The summed E-state index contributed by atoms with van der Waals surface area (Å²) in [4.78, 5) is 12.9. The van der Waals surface area contributed by atoms with E-state index in [-0.39, 0.29) is 12.5 Å². The smallest absolute Gasteiger partial charge is 0.255 e. The molecule has 0 spiro atoms. The number of carbonyl (C=O) groups is 1. The largest absolute Gasteiger partial charge is 0.496 e. The number of ether oxygens (including phenoxy) is 2. The molecule has 35 heavy (non-hydrogen) atoms. The molecule has 1 amide bonds. The van der Waals surface area contributed by atoms with Gasteiger partial charge in [0.25, 0.3) is 5.91 Å². The number of aryl methyl sites for hydroxylation is 2. The maximum absolute atomic E-state index is 13.3. The first-order valence-corrected chi connectivity index (χ1v) is 11.3. The molecule has 1 heterocycles. The minimum atomic E-state index is -0.398. The monoisotopic (exact) mass is 493 g/mol. The first-order valence-electron chi connectivity index (χ1n) is 11.0. The average molecular weight is 494 g/mol. The molecule has 0 radical (unpaired) electrons. The second-order valence-electron chi connectivity index (χ2n) is 8.20. The molecule has 0 aliphatic carbocycles. The van der Waals surface area contributed by atoms with E-state index in [2.05, 4.69) is 10.4 Å². The molecule has 0 aliphatic rings. The fourth-order valence-corrected chi connectivity index (χ4v) is 3.82. The van der Waals surface area contributed by atoms with Gasteiger partial charge < -0.3 is 14.8 Å². The molecular formula is C27H25ClFN3O3. The third-order valence-corrected chi connectivity index (χ3v) is 5.86. The van der Waals surface area contributed by atoms with Crippen molar-refractivity contribution in [2.75, 3.05) is 12.4 Å². The quantitative estimate of drug-likeness (QED) is 0.318. The van der Waals surface area contributed by atoms with Crippen LogP contribution in [0.2, 0.25) is 5.02 Å². The standard InChI is InChI=1S/C27H25ClFN3O3/c1-17-4-5-18(2)26(10-17)35-16-21-11-19(7-9-25(21)34-3)27(33)31-23-13-30-32(15-23)14-20-6-8-22(29)12-24(20)28/h4-13,15H,14,16H2,1-3H3,(H,31,33). The van der Waals surface area contributed by atoms with E-state index in [0.717, 1.165) is 28.0 Å². The third-order valence-electron chi connectivity index (χ3n) is 5.51. The van der Waals surface area contributed by atoms with Crippen LogP contribution in [-0.4, -0.2) is 22.8 Å². The van der Waals surface area contributed by atoms with Crippen molar-refractivity contribution in [1.29, 1.82) is 0 Å². The van der Waals surface area contributed by atoms with Crippen molar-refractivity contribution in [1.82, 2.24) is 9.78 Å². The number of halogens is 2. The zero-order chi connectivity index (χ0) is 24.9. The van der Waals surface area contributed by atoms with E-state index in [4.69, 9.17) is 21.1 Å². The molecule has 6 nitrogen and oxygen atoms in total. The number of nitrogens with zero attached hydrogens (tertiary/aromatic N) is 2. The van der Waals surface area contributed by atoms with Crippen molar-refractivity contribution >= 4 is 23.2 Å². The van der Waals surface area contributed by atoms with Crippen LogP contribution >= 0.6 is 11.6 Å². The van der Waals surface area contributed by atoms with E-state index in [1.54, 1.807) is 48.5 Å². The summed E-state index contributed by atoms with van der Waals surface area (Å²) in [5, 5.41) is 7.42. The maximum Gasteiger partial charge on any atom is 0.255 e. The Bertz CT molecular complexity index is 1370. The number of amides is 1. The molecule has 0 atom stereocenters. The Labute approximate surface area is 208 Å². The summed E-state index contributed by atoms with van der Waals surface area (Å²) in [5.41, 5.74) is 4.59. The van der Waals surface area contributed by atoms with Gasteiger partial charge in [-0.25, -0.2) is 4.39 Å². The zero-order valence-electron chi connectivity index (χ0n) is 19.6. The minimum Gasteiger partial charge on any atom is -0.496 e. The lowest BCUT2D eigenvalue weighted by Gasteiger charge is -2.14. The normalized spacial score (nSPS) is 10.8. The number of benzene rings is 3. The number of aromatic nitrogens is 2. The van der Waals surface area contributed by atoms with Gasteiger partial charge in [0.2, 0.25) is 0 Å². The summed E-state index contributed by atoms with van der Waals surface area (Å²) in [5.74, 6) is 0.733. The average Bonchev–Trinajstić information content (AvgIpc) is 3.28. The van der Waals surface area contributed by atoms with Gasteiger partial charge in [-0.15, -0.1) is 0 Å². The highest BCUT2D eigenvalue weighted by molar-refractivity contribution is 6.31. The molecule has 0 unspecified atom stereocenters. The van der Waals surface area contributed by atoms with Crippen LogP contribution in [-0.2, 0) is 13.2 Å². The Balaban J connectivity index is 1.45. The molecular weight excluding hydrogens is 469 g/mol. The van der Waals surface area contributed by atoms with Gasteiger partial charge in [-0.2, -0.15) is 5.10 Å². The van der Waals surface area contributed by atoms with Gasteiger partial charge >= 0.3 is 0 Å². The molecule has 0 saturated carbocycles. The summed E-state index contributed by atoms with van der Waals surface area (Å²) in [6.45, 7) is 4.59. The van der Waals surface area contributed by atoms with Crippen molar-refractivity contribution in [3.8, 4) is 11.5 Å². The third kappa shape index (κ3) is 6.00. The molecule has 0 fully saturated rings. The predicted octanol–water partition coefficient (Wildman–Crippen LogP) is 6.18. The highest BCUT2D eigenvalue weighted by Crippen LogP contribution is 2.25. The molecule has 3 aromatic carbocycles. The van der Waals surface area contributed by atoms with Crippen LogP contribution in [0.25, 0.3) is 0 Å². The van der Waals surface area contributed by atoms with Crippen LogP contribution in [0.4, 0.5) is 10.1 Å². The topological polar surface area (TPSA) is 65.4 Å². The Hall–Kier alpha value is -3.84. The second kappa shape index (κ2) is 10.6. The summed E-state index contributed by atoms with van der Waals surface area (Å²) < 4.78 is 26.4. The van der Waals surface area contributed by atoms with Crippen LogP contribution in [0.3, 0.4) is 0 Å². The molecule has 4 rings (SSSR count). The first-order chi connectivity index (χ1) is 16.8. The number of carbonyl (C=O) groups excluding carboxylic acids is 1.